The number of nitrogens with zero attached hydrogens (tertiary/aromatic N) is 1. The molecule has 2 unspecified atom stereocenters. The van der Waals surface area contributed by atoms with Gasteiger partial charge in [0.25, 0.3) is 5.91 Å². The van der Waals surface area contributed by atoms with E-state index in [-0.39, 0.29) is 36.0 Å². The van der Waals surface area contributed by atoms with Gasteiger partial charge in [0.15, 0.2) is 0 Å². The number of halogens is 4. The van der Waals surface area contributed by atoms with Gasteiger partial charge in [-0.15, -0.1) is 12.4 Å². The standard InChI is InChI=1S/C15H19F3N2O.ClH/c1-10(19)13-7-2-3-8-20(13)14(21)11-5-4-6-12(9-11)15(16,17)18;/h4-6,9-10,13H,2-3,7-8,19H2,1H3;1H. The van der Waals surface area contributed by atoms with E-state index in [4.69, 9.17) is 5.73 Å². The number of carbonyl (C=O) groups is 1. The fourth-order valence-electron chi connectivity index (χ4n) is 2.75. The summed E-state index contributed by atoms with van der Waals surface area (Å²) >= 11 is 0. The molecular weight excluding hydrogens is 317 g/mol. The highest BCUT2D eigenvalue weighted by molar-refractivity contribution is 5.94. The van der Waals surface area contributed by atoms with Crippen LogP contribution in [0.5, 0.6) is 0 Å². The zero-order valence-corrected chi connectivity index (χ0v) is 13.1. The van der Waals surface area contributed by atoms with Gasteiger partial charge in [0.1, 0.15) is 0 Å². The number of hydrogen-bond donors (Lipinski definition) is 1. The number of rotatable bonds is 2. The van der Waals surface area contributed by atoms with Crippen molar-refractivity contribution in [2.24, 2.45) is 5.73 Å². The highest BCUT2D eigenvalue weighted by Gasteiger charge is 2.33. The van der Waals surface area contributed by atoms with Gasteiger partial charge in [-0.25, -0.2) is 0 Å². The molecule has 0 aromatic heterocycles. The van der Waals surface area contributed by atoms with E-state index in [0.29, 0.717) is 6.54 Å². The fourth-order valence-corrected chi connectivity index (χ4v) is 2.75. The summed E-state index contributed by atoms with van der Waals surface area (Å²) in [6.07, 6.45) is -1.81. The van der Waals surface area contributed by atoms with E-state index in [9.17, 15) is 18.0 Å². The number of piperidine rings is 1. The Morgan fingerprint density at radius 1 is 1.36 bits per heavy atom. The molecule has 1 aliphatic heterocycles. The lowest BCUT2D eigenvalue weighted by molar-refractivity contribution is -0.137. The van der Waals surface area contributed by atoms with E-state index in [1.54, 1.807) is 4.90 Å². The summed E-state index contributed by atoms with van der Waals surface area (Å²) in [6, 6.07) is 4.26. The van der Waals surface area contributed by atoms with Gasteiger partial charge in [0, 0.05) is 24.2 Å². The van der Waals surface area contributed by atoms with Gasteiger partial charge in [-0.05, 0) is 44.4 Å². The number of carbonyl (C=O) groups excluding carboxylic acids is 1. The summed E-state index contributed by atoms with van der Waals surface area (Å²) in [4.78, 5) is 14.1. The lowest BCUT2D eigenvalue weighted by Crippen LogP contribution is -2.51. The molecule has 2 N–H and O–H groups in total. The molecule has 3 nitrogen and oxygen atoms in total. The summed E-state index contributed by atoms with van der Waals surface area (Å²) in [5.41, 5.74) is 5.16. The summed E-state index contributed by atoms with van der Waals surface area (Å²) in [5.74, 6) is -0.372. The Labute approximate surface area is 134 Å². The summed E-state index contributed by atoms with van der Waals surface area (Å²) < 4.78 is 38.2. The van der Waals surface area contributed by atoms with Gasteiger partial charge in [-0.2, -0.15) is 13.2 Å². The van der Waals surface area contributed by atoms with E-state index < -0.39 is 11.7 Å². The predicted molar refractivity (Wildman–Crippen MR) is 81.0 cm³/mol. The second-order valence-electron chi connectivity index (χ2n) is 5.50. The van der Waals surface area contributed by atoms with Crippen LogP contribution in [-0.4, -0.2) is 29.4 Å². The van der Waals surface area contributed by atoms with Crippen LogP contribution >= 0.6 is 12.4 Å². The Balaban J connectivity index is 0.00000242. The third-order valence-electron chi connectivity index (χ3n) is 3.85. The monoisotopic (exact) mass is 336 g/mol. The Morgan fingerprint density at radius 3 is 2.64 bits per heavy atom. The second-order valence-corrected chi connectivity index (χ2v) is 5.50. The van der Waals surface area contributed by atoms with E-state index in [0.717, 1.165) is 31.4 Å². The number of nitrogens with two attached hydrogens (primary N) is 1. The Hall–Kier alpha value is -1.27. The zero-order chi connectivity index (χ0) is 15.6. The van der Waals surface area contributed by atoms with Gasteiger partial charge in [0.2, 0.25) is 0 Å². The van der Waals surface area contributed by atoms with Crippen LogP contribution in [0.1, 0.15) is 42.1 Å². The molecule has 0 bridgehead atoms. The highest BCUT2D eigenvalue weighted by Crippen LogP contribution is 2.30. The first-order chi connectivity index (χ1) is 9.80. The first-order valence-corrected chi connectivity index (χ1v) is 7.04. The van der Waals surface area contributed by atoms with Crippen molar-refractivity contribution in [3.05, 3.63) is 35.4 Å². The van der Waals surface area contributed by atoms with Crippen LogP contribution in [0.4, 0.5) is 13.2 Å². The van der Waals surface area contributed by atoms with E-state index in [2.05, 4.69) is 0 Å². The van der Waals surface area contributed by atoms with Crippen LogP contribution in [0, 0.1) is 0 Å². The van der Waals surface area contributed by atoms with Crippen molar-refractivity contribution < 1.29 is 18.0 Å². The van der Waals surface area contributed by atoms with Crippen molar-refractivity contribution >= 4 is 18.3 Å². The van der Waals surface area contributed by atoms with Crippen molar-refractivity contribution in [3.8, 4) is 0 Å². The molecule has 0 saturated carbocycles. The molecule has 1 saturated heterocycles. The van der Waals surface area contributed by atoms with Crippen LogP contribution in [0.15, 0.2) is 24.3 Å². The van der Waals surface area contributed by atoms with Crippen molar-refractivity contribution in [1.82, 2.24) is 4.90 Å². The minimum absolute atomic E-state index is 0. The number of likely N-dealkylation sites (tertiary alicyclic amines) is 1. The third-order valence-corrected chi connectivity index (χ3v) is 3.85. The Kier molecular flexibility index (Phi) is 6.26. The maximum Gasteiger partial charge on any atom is 0.416 e. The third kappa shape index (κ3) is 4.14. The van der Waals surface area contributed by atoms with Crippen LogP contribution < -0.4 is 5.73 Å². The molecule has 1 amide bonds. The molecule has 0 spiro atoms. The quantitative estimate of drug-likeness (QED) is 0.899. The summed E-state index contributed by atoms with van der Waals surface area (Å²) in [6.45, 7) is 2.36. The molecule has 7 heteroatoms. The molecule has 1 fully saturated rings. The number of amides is 1. The molecule has 22 heavy (non-hydrogen) atoms. The molecule has 124 valence electrons. The Bertz CT molecular complexity index is 520. The van der Waals surface area contributed by atoms with Crippen molar-refractivity contribution in [2.75, 3.05) is 6.54 Å². The summed E-state index contributed by atoms with van der Waals surface area (Å²) in [5, 5.41) is 0. The molecule has 1 aliphatic rings. The lowest BCUT2D eigenvalue weighted by atomic mass is 9.96. The number of hydrogen-bond acceptors (Lipinski definition) is 2. The molecule has 2 rings (SSSR count). The van der Waals surface area contributed by atoms with Crippen LogP contribution in [-0.2, 0) is 6.18 Å². The van der Waals surface area contributed by atoms with Gasteiger partial charge in [-0.1, -0.05) is 6.07 Å². The van der Waals surface area contributed by atoms with E-state index in [1.807, 2.05) is 6.92 Å². The van der Waals surface area contributed by atoms with Crippen molar-refractivity contribution in [2.45, 2.75) is 44.4 Å². The van der Waals surface area contributed by atoms with Gasteiger partial charge < -0.3 is 10.6 Å². The molecule has 1 heterocycles. The van der Waals surface area contributed by atoms with Crippen LogP contribution in [0.3, 0.4) is 0 Å². The molecule has 0 radical (unpaired) electrons. The molecule has 1 aromatic rings. The number of benzene rings is 1. The maximum atomic E-state index is 12.7. The molecule has 2 atom stereocenters. The average molecular weight is 337 g/mol. The van der Waals surface area contributed by atoms with Crippen LogP contribution in [0.25, 0.3) is 0 Å². The summed E-state index contributed by atoms with van der Waals surface area (Å²) in [7, 11) is 0. The van der Waals surface area contributed by atoms with Crippen molar-refractivity contribution in [3.63, 3.8) is 0 Å². The average Bonchev–Trinajstić information content (AvgIpc) is 2.45. The maximum absolute atomic E-state index is 12.7. The molecular formula is C15H20ClF3N2O. The van der Waals surface area contributed by atoms with Gasteiger partial charge in [-0.3, -0.25) is 4.79 Å². The first kappa shape index (κ1) is 18.8. The Morgan fingerprint density at radius 2 is 2.05 bits per heavy atom. The lowest BCUT2D eigenvalue weighted by Gasteiger charge is -2.38. The fraction of sp³-hybridized carbons (Fsp3) is 0.533. The number of alkyl halides is 3. The SMILES string of the molecule is CC(N)C1CCCCN1C(=O)c1cccc(C(F)(F)F)c1.Cl. The minimum Gasteiger partial charge on any atom is -0.334 e. The normalized spacial score (nSPS) is 20.2. The predicted octanol–water partition coefficient (Wildman–Crippen LogP) is 3.47. The minimum atomic E-state index is -4.45. The molecule has 0 aliphatic carbocycles. The first-order valence-electron chi connectivity index (χ1n) is 7.04. The van der Waals surface area contributed by atoms with Crippen molar-refractivity contribution in [1.29, 1.82) is 0 Å². The molecule has 1 aromatic carbocycles. The van der Waals surface area contributed by atoms with E-state index >= 15 is 0 Å². The van der Waals surface area contributed by atoms with Gasteiger partial charge in [0.05, 0.1) is 5.56 Å². The van der Waals surface area contributed by atoms with Crippen LogP contribution in [0.2, 0.25) is 0 Å². The largest absolute Gasteiger partial charge is 0.416 e. The zero-order valence-electron chi connectivity index (χ0n) is 12.3. The second kappa shape index (κ2) is 7.33. The highest BCUT2D eigenvalue weighted by atomic mass is 35.5. The van der Waals surface area contributed by atoms with Gasteiger partial charge >= 0.3 is 6.18 Å². The van der Waals surface area contributed by atoms with E-state index in [1.165, 1.54) is 12.1 Å². The topological polar surface area (TPSA) is 46.3 Å². The smallest absolute Gasteiger partial charge is 0.334 e.